The number of aliphatic hydroxyl groups excluding tert-OH is 1. The summed E-state index contributed by atoms with van der Waals surface area (Å²) in [5.41, 5.74) is -0.0337. The van der Waals surface area contributed by atoms with Gasteiger partial charge in [0.25, 0.3) is 0 Å². The van der Waals surface area contributed by atoms with E-state index in [1.54, 1.807) is 24.3 Å². The maximum atomic E-state index is 13.9. The molecule has 0 saturated heterocycles. The Balaban J connectivity index is 2.39. The second kappa shape index (κ2) is 14.1. The van der Waals surface area contributed by atoms with E-state index in [1.807, 2.05) is 27.7 Å². The quantitative estimate of drug-likeness (QED) is 0.211. The molecule has 2 atom stereocenters. The predicted octanol–water partition coefficient (Wildman–Crippen LogP) is 6.87. The summed E-state index contributed by atoms with van der Waals surface area (Å²) < 4.78 is 17.2. The number of carboxylic acids is 1. The van der Waals surface area contributed by atoms with Gasteiger partial charge in [0.1, 0.15) is 4.88 Å². The van der Waals surface area contributed by atoms with E-state index < -0.39 is 24.9 Å². The molecule has 0 radical (unpaired) electrons. The van der Waals surface area contributed by atoms with Gasteiger partial charge >= 0.3 is 5.97 Å². The minimum Gasteiger partial charge on any atom is -0.477 e. The van der Waals surface area contributed by atoms with Crippen LogP contribution in [0.4, 0.5) is 5.69 Å². The highest BCUT2D eigenvalue weighted by atomic mass is 32.1. The van der Waals surface area contributed by atoms with Gasteiger partial charge in [0, 0.05) is 30.7 Å². The molecule has 1 aromatic heterocycles. The topological polar surface area (TPSA) is 104 Å². The van der Waals surface area contributed by atoms with Crippen LogP contribution in [0, 0.1) is 29.1 Å². The molecule has 1 aliphatic rings. The Morgan fingerprint density at radius 1 is 1.24 bits per heavy atom. The van der Waals surface area contributed by atoms with Crippen LogP contribution in [-0.4, -0.2) is 54.2 Å². The number of carbonyl (C=O) groups excluding carboxylic acids is 1. The first-order valence-corrected chi connectivity index (χ1v) is 17.1. The predicted molar refractivity (Wildman–Crippen MR) is 156 cm³/mol. The summed E-state index contributed by atoms with van der Waals surface area (Å²) in [6.07, 6.45) is 5.47. The highest BCUT2D eigenvalue weighted by molar-refractivity contribution is 7.57. The number of rotatable bonds is 12. The molecule has 1 heterocycles. The van der Waals surface area contributed by atoms with Crippen LogP contribution in [0.25, 0.3) is 0 Å². The number of hydrogen-bond acceptors (Lipinski definition) is 6. The summed E-state index contributed by atoms with van der Waals surface area (Å²) in [5, 5.41) is 20.2. The number of carboxylic acid groups (broad SMARTS) is 1. The van der Waals surface area contributed by atoms with Crippen molar-refractivity contribution in [3.8, 4) is 11.8 Å². The number of amides is 1. The van der Waals surface area contributed by atoms with Crippen molar-refractivity contribution in [2.45, 2.75) is 98.1 Å². The van der Waals surface area contributed by atoms with Crippen molar-refractivity contribution in [2.24, 2.45) is 17.3 Å². The van der Waals surface area contributed by atoms with Crippen LogP contribution >= 0.6 is 18.7 Å². The zero-order chi connectivity index (χ0) is 28.7. The first kappa shape index (κ1) is 32.6. The van der Waals surface area contributed by atoms with Gasteiger partial charge in [0.15, 0.2) is 7.37 Å². The van der Waals surface area contributed by atoms with Gasteiger partial charge in [0.2, 0.25) is 5.91 Å². The Morgan fingerprint density at radius 3 is 2.42 bits per heavy atom. The molecular formula is C29H46NO6PS. The third-order valence-corrected chi connectivity index (χ3v) is 9.08. The number of thiophene rings is 1. The van der Waals surface area contributed by atoms with Gasteiger partial charge < -0.3 is 19.6 Å². The van der Waals surface area contributed by atoms with Crippen LogP contribution in [0.2, 0.25) is 0 Å². The average molecular weight is 568 g/mol. The van der Waals surface area contributed by atoms with Gasteiger partial charge in [-0.2, -0.15) is 0 Å². The third kappa shape index (κ3) is 10.2. The van der Waals surface area contributed by atoms with E-state index in [4.69, 9.17) is 4.52 Å². The minimum atomic E-state index is -2.57. The lowest BCUT2D eigenvalue weighted by molar-refractivity contribution is -0.124. The van der Waals surface area contributed by atoms with E-state index in [9.17, 15) is 24.4 Å². The Morgan fingerprint density at radius 2 is 1.87 bits per heavy atom. The Labute approximate surface area is 232 Å². The first-order chi connectivity index (χ1) is 17.6. The van der Waals surface area contributed by atoms with Crippen LogP contribution in [0.15, 0.2) is 6.07 Å². The molecule has 0 spiro atoms. The van der Waals surface area contributed by atoms with Crippen molar-refractivity contribution in [3.63, 3.8) is 0 Å². The minimum absolute atomic E-state index is 0.0313. The number of carbonyl (C=O) groups is 2. The monoisotopic (exact) mass is 567 g/mol. The van der Waals surface area contributed by atoms with E-state index in [-0.39, 0.29) is 22.7 Å². The lowest BCUT2D eigenvalue weighted by Crippen LogP contribution is -2.44. The van der Waals surface area contributed by atoms with Crippen LogP contribution in [0.1, 0.15) is 101 Å². The van der Waals surface area contributed by atoms with Gasteiger partial charge in [0.05, 0.1) is 23.3 Å². The third-order valence-electron chi connectivity index (χ3n) is 7.25. The smallest absolute Gasteiger partial charge is 0.348 e. The van der Waals surface area contributed by atoms with Gasteiger partial charge in [-0.05, 0) is 84.1 Å². The Hall–Kier alpha value is -1.65. The molecule has 2 N–H and O–H groups in total. The molecule has 0 aromatic carbocycles. The molecule has 38 heavy (non-hydrogen) atoms. The molecule has 0 bridgehead atoms. The van der Waals surface area contributed by atoms with Crippen molar-refractivity contribution in [3.05, 3.63) is 15.8 Å². The summed E-state index contributed by atoms with van der Waals surface area (Å²) in [4.78, 5) is 28.5. The summed E-state index contributed by atoms with van der Waals surface area (Å²) in [6.45, 7) is 13.5. The van der Waals surface area contributed by atoms with Crippen molar-refractivity contribution in [1.82, 2.24) is 0 Å². The number of anilines is 1. The molecular weight excluding hydrogens is 521 g/mol. The molecule has 7 nitrogen and oxygen atoms in total. The largest absolute Gasteiger partial charge is 0.477 e. The molecule has 0 aliphatic heterocycles. The molecule has 2 rings (SSSR count). The van der Waals surface area contributed by atoms with E-state index >= 15 is 0 Å². The summed E-state index contributed by atoms with van der Waals surface area (Å²) in [5.74, 6) is 5.70. The van der Waals surface area contributed by atoms with E-state index in [0.717, 1.165) is 37.0 Å². The molecule has 214 valence electrons. The van der Waals surface area contributed by atoms with Crippen molar-refractivity contribution >= 4 is 36.3 Å². The average Bonchev–Trinajstić information content (AvgIpc) is 3.25. The normalized spacial score (nSPS) is 19.8. The maximum Gasteiger partial charge on any atom is 0.348 e. The fraction of sp³-hybridized carbons (Fsp3) is 0.724. The van der Waals surface area contributed by atoms with Crippen molar-refractivity contribution < 1.29 is 28.9 Å². The summed E-state index contributed by atoms with van der Waals surface area (Å²) in [6, 6.07) is 1.47. The summed E-state index contributed by atoms with van der Waals surface area (Å²) >= 11 is 1.08. The van der Waals surface area contributed by atoms with Gasteiger partial charge in [-0.1, -0.05) is 25.7 Å². The van der Waals surface area contributed by atoms with Crippen LogP contribution in [-0.2, 0) is 13.9 Å². The Kier molecular flexibility index (Phi) is 12.1. The van der Waals surface area contributed by atoms with Crippen molar-refractivity contribution in [1.29, 1.82) is 0 Å². The Bertz CT molecular complexity index is 1060. The van der Waals surface area contributed by atoms with Crippen molar-refractivity contribution in [2.75, 3.05) is 24.8 Å². The molecule has 1 saturated carbocycles. The molecule has 0 unspecified atom stereocenters. The molecule has 1 aliphatic carbocycles. The second-order valence-electron chi connectivity index (χ2n) is 11.8. The number of aliphatic hydroxyl groups is 1. The zero-order valence-electron chi connectivity index (χ0n) is 24.1. The van der Waals surface area contributed by atoms with Crippen LogP contribution in [0.3, 0.4) is 0 Å². The van der Waals surface area contributed by atoms with Crippen LogP contribution < -0.4 is 4.90 Å². The molecule has 9 heteroatoms. The second-order valence-corrected chi connectivity index (χ2v) is 15.6. The highest BCUT2D eigenvalue weighted by Crippen LogP contribution is 2.39. The van der Waals surface area contributed by atoms with E-state index in [0.29, 0.717) is 48.8 Å². The standard InChI is InChI=1S/C29H46NO6PS/c1-8-23(31)14-11-21(3)30(27(32)22-12-9-20(2)10-13-22)25-19-24(38-26(25)28(33)34)15-16-29(4,5)17-18-36-37(6,7)35/h19-23,31H,8-14,17-18H2,1-7H3,(H,33,34)/t20-,21-,22-,23-/m1/s1. The molecule has 1 fully saturated rings. The first-order valence-electron chi connectivity index (χ1n) is 13.7. The number of hydrogen-bond donors (Lipinski definition) is 2. The zero-order valence-corrected chi connectivity index (χ0v) is 25.8. The fourth-order valence-corrected chi connectivity index (χ4v) is 6.01. The van der Waals surface area contributed by atoms with E-state index in [1.165, 1.54) is 0 Å². The summed E-state index contributed by atoms with van der Waals surface area (Å²) in [7, 11) is -2.57. The van der Waals surface area contributed by atoms with Gasteiger partial charge in [-0.25, -0.2) is 4.79 Å². The lowest BCUT2D eigenvalue weighted by atomic mass is 9.82. The maximum absolute atomic E-state index is 13.9. The SMILES string of the molecule is CC[C@@H](O)CC[C@@H](C)N(c1cc(C#CC(C)(C)CCOP(C)(C)=O)sc1C(=O)O)C(=O)[C@H]1CC[C@H](C)CC1. The lowest BCUT2D eigenvalue weighted by Gasteiger charge is -2.35. The number of nitrogens with zero attached hydrogens (tertiary/aromatic N) is 1. The highest BCUT2D eigenvalue weighted by Gasteiger charge is 2.34. The van der Waals surface area contributed by atoms with Gasteiger partial charge in [-0.3, -0.25) is 9.36 Å². The van der Waals surface area contributed by atoms with Gasteiger partial charge in [-0.15, -0.1) is 11.3 Å². The van der Waals surface area contributed by atoms with E-state index in [2.05, 4.69) is 18.8 Å². The number of aromatic carboxylic acids is 1. The van der Waals surface area contributed by atoms with Crippen LogP contribution in [0.5, 0.6) is 0 Å². The molecule has 1 amide bonds. The molecule has 1 aromatic rings. The fourth-order valence-electron chi connectivity index (χ4n) is 4.63.